The van der Waals surface area contributed by atoms with E-state index in [1.54, 1.807) is 12.3 Å². The zero-order valence-corrected chi connectivity index (χ0v) is 16.2. The van der Waals surface area contributed by atoms with Crippen LogP contribution in [0.3, 0.4) is 0 Å². The lowest BCUT2D eigenvalue weighted by molar-refractivity contribution is -0.135. The van der Waals surface area contributed by atoms with Gasteiger partial charge in [0.2, 0.25) is 17.9 Å². The van der Waals surface area contributed by atoms with E-state index in [4.69, 9.17) is 12.3 Å². The predicted molar refractivity (Wildman–Crippen MR) is 111 cm³/mol. The van der Waals surface area contributed by atoms with Crippen LogP contribution in [0.15, 0.2) is 24.5 Å². The van der Waals surface area contributed by atoms with Gasteiger partial charge in [-0.05, 0) is 18.6 Å². The number of primary amides is 1. The van der Waals surface area contributed by atoms with Gasteiger partial charge in [0.1, 0.15) is 5.65 Å². The third-order valence-electron chi connectivity index (χ3n) is 5.87. The van der Waals surface area contributed by atoms with Crippen LogP contribution in [0.2, 0.25) is 0 Å². The summed E-state index contributed by atoms with van der Waals surface area (Å²) in [4.78, 5) is 39.1. The summed E-state index contributed by atoms with van der Waals surface area (Å²) in [7, 11) is 0. The minimum absolute atomic E-state index is 0.0122. The number of nitrogens with one attached hydrogen (secondary N) is 1. The number of fused-ring (bicyclic) bond motifs is 1. The van der Waals surface area contributed by atoms with Crippen LogP contribution in [0.25, 0.3) is 22.0 Å². The van der Waals surface area contributed by atoms with Crippen molar-refractivity contribution in [2.45, 2.75) is 25.3 Å². The third kappa shape index (κ3) is 3.94. The topological polar surface area (TPSA) is 99.7 Å². The van der Waals surface area contributed by atoms with Crippen molar-refractivity contribution < 1.29 is 9.59 Å². The summed E-state index contributed by atoms with van der Waals surface area (Å²) >= 11 is 0. The van der Waals surface area contributed by atoms with Crippen LogP contribution in [0.5, 0.6) is 0 Å². The quantitative estimate of drug-likeness (QED) is 0.612. The van der Waals surface area contributed by atoms with E-state index in [1.807, 2.05) is 17.2 Å². The Morgan fingerprint density at radius 2 is 2.07 bits per heavy atom. The van der Waals surface area contributed by atoms with Crippen molar-refractivity contribution in [2.24, 2.45) is 11.7 Å². The summed E-state index contributed by atoms with van der Waals surface area (Å²) in [6.07, 6.45) is 9.03. The molecule has 1 saturated carbocycles. The Kier molecular flexibility index (Phi) is 5.21. The van der Waals surface area contributed by atoms with Gasteiger partial charge in [0.25, 0.3) is 0 Å². The number of anilines is 1. The molecule has 4 rings (SSSR count). The molecular formula is C21H24N6O2. The highest BCUT2D eigenvalue weighted by molar-refractivity contribution is 5.95. The molecule has 0 spiro atoms. The Balaban J connectivity index is 1.42. The standard InChI is InChI=1S/C21H24N6O2/c1-23-16-4-2-14(10-16)21(29)27-8-6-26(7-9-27)17-11-18-15(3-5-19(22)28)12-24-20(18)25-13-17/h3,5,11-14,16H,2,4,6-10H2,(H2,22,28)(H,24,25)/b5-3+/t14-,16+/m1/s1. The van der Waals surface area contributed by atoms with Crippen molar-refractivity contribution in [3.05, 3.63) is 41.5 Å². The van der Waals surface area contributed by atoms with Crippen LogP contribution in [0, 0.1) is 12.5 Å². The van der Waals surface area contributed by atoms with Gasteiger partial charge in [-0.2, -0.15) is 0 Å². The minimum Gasteiger partial charge on any atom is -0.367 e. The number of rotatable bonds is 4. The van der Waals surface area contributed by atoms with Crippen LogP contribution >= 0.6 is 0 Å². The second kappa shape index (κ2) is 7.95. The molecule has 0 aromatic carbocycles. The molecule has 2 aromatic rings. The summed E-state index contributed by atoms with van der Waals surface area (Å²) < 4.78 is 0. The zero-order valence-electron chi connectivity index (χ0n) is 16.2. The van der Waals surface area contributed by atoms with Gasteiger partial charge in [-0.3, -0.25) is 9.59 Å². The molecular weight excluding hydrogens is 368 g/mol. The van der Waals surface area contributed by atoms with Gasteiger partial charge in [0.15, 0.2) is 0 Å². The molecule has 2 fully saturated rings. The number of piperazine rings is 1. The molecule has 8 heteroatoms. The van der Waals surface area contributed by atoms with Crippen molar-refractivity contribution in [1.82, 2.24) is 14.9 Å². The maximum absolute atomic E-state index is 12.8. The lowest BCUT2D eigenvalue weighted by Gasteiger charge is -2.37. The number of nitrogens with zero attached hydrogens (tertiary/aromatic N) is 4. The number of aromatic nitrogens is 2. The lowest BCUT2D eigenvalue weighted by Crippen LogP contribution is -2.50. The molecule has 3 heterocycles. The number of amides is 2. The fraction of sp³-hybridized carbons (Fsp3) is 0.429. The molecule has 0 unspecified atom stereocenters. The van der Waals surface area contributed by atoms with Gasteiger partial charge in [0, 0.05) is 68.2 Å². The van der Waals surface area contributed by atoms with E-state index in [1.165, 1.54) is 6.08 Å². The molecule has 0 radical (unpaired) electrons. The summed E-state index contributed by atoms with van der Waals surface area (Å²) in [6.45, 7) is 10.0. The number of carbonyl (C=O) groups excluding carboxylic acids is 2. The highest BCUT2D eigenvalue weighted by Crippen LogP contribution is 2.30. The number of hydrogen-bond donors (Lipinski definition) is 2. The molecule has 1 saturated heterocycles. The van der Waals surface area contributed by atoms with Gasteiger partial charge in [-0.25, -0.2) is 11.6 Å². The minimum atomic E-state index is -0.491. The number of hydrogen-bond acceptors (Lipinski definition) is 4. The van der Waals surface area contributed by atoms with Gasteiger partial charge >= 0.3 is 0 Å². The fourth-order valence-electron chi connectivity index (χ4n) is 4.24. The van der Waals surface area contributed by atoms with E-state index in [9.17, 15) is 9.59 Å². The van der Waals surface area contributed by atoms with Gasteiger partial charge in [0.05, 0.1) is 11.9 Å². The van der Waals surface area contributed by atoms with Crippen LogP contribution in [0.4, 0.5) is 5.69 Å². The summed E-state index contributed by atoms with van der Waals surface area (Å²) in [5.41, 5.74) is 7.79. The number of aromatic amines is 1. The Morgan fingerprint density at radius 1 is 1.28 bits per heavy atom. The number of H-pyrrole nitrogens is 1. The van der Waals surface area contributed by atoms with Crippen LogP contribution in [-0.2, 0) is 9.59 Å². The molecule has 2 atom stereocenters. The Hall–Kier alpha value is -3.34. The average molecular weight is 392 g/mol. The van der Waals surface area contributed by atoms with Crippen LogP contribution in [-0.4, -0.2) is 58.9 Å². The maximum Gasteiger partial charge on any atom is 0.241 e. The van der Waals surface area contributed by atoms with Crippen molar-refractivity contribution >= 4 is 34.6 Å². The van der Waals surface area contributed by atoms with E-state index in [2.05, 4.69) is 19.7 Å². The van der Waals surface area contributed by atoms with E-state index in [0.29, 0.717) is 19.5 Å². The fourth-order valence-corrected chi connectivity index (χ4v) is 4.24. The largest absolute Gasteiger partial charge is 0.367 e. The third-order valence-corrected chi connectivity index (χ3v) is 5.87. The SMILES string of the molecule is [C-]#[N+][C@H]1CC[C@@H](C(=O)N2CCN(c3cnc4[nH]cc(/C=C/C(N)=O)c4c3)CC2)C1. The molecule has 0 bridgehead atoms. The molecule has 3 N–H and O–H groups in total. The second-order valence-corrected chi connectivity index (χ2v) is 7.67. The Morgan fingerprint density at radius 3 is 2.76 bits per heavy atom. The predicted octanol–water partition coefficient (Wildman–Crippen LogP) is 1.80. The van der Waals surface area contributed by atoms with E-state index >= 15 is 0 Å². The van der Waals surface area contributed by atoms with Gasteiger partial charge in [-0.15, -0.1) is 0 Å². The molecule has 2 aromatic heterocycles. The smallest absolute Gasteiger partial charge is 0.241 e. The number of carbonyl (C=O) groups is 2. The second-order valence-electron chi connectivity index (χ2n) is 7.67. The lowest BCUT2D eigenvalue weighted by atomic mass is 10.1. The zero-order chi connectivity index (χ0) is 20.4. The van der Waals surface area contributed by atoms with Gasteiger partial charge < -0.3 is 25.4 Å². The summed E-state index contributed by atoms with van der Waals surface area (Å²) in [6, 6.07) is 2.07. The molecule has 8 nitrogen and oxygen atoms in total. The first kappa shape index (κ1) is 19.0. The molecule has 1 aliphatic carbocycles. The summed E-state index contributed by atoms with van der Waals surface area (Å²) in [5, 5.41) is 0.926. The van der Waals surface area contributed by atoms with Gasteiger partial charge in [-0.1, -0.05) is 0 Å². The Bertz CT molecular complexity index is 996. The van der Waals surface area contributed by atoms with Crippen LogP contribution in [0.1, 0.15) is 24.8 Å². The van der Waals surface area contributed by atoms with Crippen molar-refractivity contribution in [2.75, 3.05) is 31.1 Å². The van der Waals surface area contributed by atoms with Crippen LogP contribution < -0.4 is 10.6 Å². The summed E-state index contributed by atoms with van der Waals surface area (Å²) in [5.74, 6) is -0.277. The first-order valence-corrected chi connectivity index (χ1v) is 9.90. The van der Waals surface area contributed by atoms with Crippen molar-refractivity contribution in [3.63, 3.8) is 0 Å². The molecule has 150 valence electrons. The monoisotopic (exact) mass is 392 g/mol. The highest BCUT2D eigenvalue weighted by Gasteiger charge is 2.36. The Labute approximate surface area is 169 Å². The first-order valence-electron chi connectivity index (χ1n) is 9.90. The molecule has 2 amide bonds. The molecule has 29 heavy (non-hydrogen) atoms. The number of pyridine rings is 1. The first-order chi connectivity index (χ1) is 14.0. The van der Waals surface area contributed by atoms with E-state index in [-0.39, 0.29) is 17.9 Å². The normalized spacial score (nSPS) is 22.3. The van der Waals surface area contributed by atoms with E-state index in [0.717, 1.165) is 48.2 Å². The molecule has 1 aliphatic heterocycles. The van der Waals surface area contributed by atoms with E-state index < -0.39 is 5.91 Å². The van der Waals surface area contributed by atoms with Crippen molar-refractivity contribution in [1.29, 1.82) is 0 Å². The number of nitrogens with two attached hydrogens (primary N) is 1. The molecule has 2 aliphatic rings. The highest BCUT2D eigenvalue weighted by atomic mass is 16.2. The maximum atomic E-state index is 12.8. The average Bonchev–Trinajstić information content (AvgIpc) is 3.38. The van der Waals surface area contributed by atoms with Crippen molar-refractivity contribution in [3.8, 4) is 0 Å².